The van der Waals surface area contributed by atoms with Crippen LogP contribution in [-0.4, -0.2) is 42.7 Å². The molecule has 0 aromatic carbocycles. The van der Waals surface area contributed by atoms with Crippen LogP contribution in [0.2, 0.25) is 0 Å². The van der Waals surface area contributed by atoms with Gasteiger partial charge in [0.25, 0.3) is 0 Å². The van der Waals surface area contributed by atoms with Crippen LogP contribution in [-0.2, 0) is 16.4 Å². The fourth-order valence-corrected chi connectivity index (χ4v) is 3.68. The van der Waals surface area contributed by atoms with E-state index in [2.05, 4.69) is 20.8 Å². The molecule has 0 radical (unpaired) electrons. The third-order valence-corrected chi connectivity index (χ3v) is 5.21. The lowest BCUT2D eigenvalue weighted by molar-refractivity contribution is 0.481. The molecule has 0 spiro atoms. The van der Waals surface area contributed by atoms with Crippen molar-refractivity contribution in [2.24, 2.45) is 0 Å². The zero-order valence-electron chi connectivity index (χ0n) is 10.3. The third kappa shape index (κ3) is 3.20. The normalized spacial score (nSPS) is 22.2. The molecular formula is C10H18N4O3S. The smallest absolute Gasteiger partial charge is 0.315 e. The van der Waals surface area contributed by atoms with Crippen molar-refractivity contribution >= 4 is 15.9 Å². The maximum Gasteiger partial charge on any atom is 0.315 e. The molecule has 1 aliphatic heterocycles. The summed E-state index contributed by atoms with van der Waals surface area (Å²) < 4.78 is 28.5. The van der Waals surface area contributed by atoms with Crippen molar-refractivity contribution < 1.29 is 12.8 Å². The number of nitrogens with one attached hydrogen (secondary N) is 2. The molecule has 0 aliphatic carbocycles. The van der Waals surface area contributed by atoms with Crippen molar-refractivity contribution in [3.8, 4) is 0 Å². The van der Waals surface area contributed by atoms with Crippen LogP contribution in [0.1, 0.15) is 25.7 Å². The summed E-state index contributed by atoms with van der Waals surface area (Å²) in [6.45, 7) is 3.67. The summed E-state index contributed by atoms with van der Waals surface area (Å²) in [6, 6.07) is 0.282. The van der Waals surface area contributed by atoms with E-state index in [-0.39, 0.29) is 17.0 Å². The Labute approximate surface area is 106 Å². The van der Waals surface area contributed by atoms with E-state index >= 15 is 0 Å². The number of rotatable bonds is 6. The topological polar surface area (TPSA) is 97.1 Å². The summed E-state index contributed by atoms with van der Waals surface area (Å²) in [4.78, 5) is 0. The van der Waals surface area contributed by atoms with Crippen LogP contribution in [0.4, 0.5) is 6.01 Å². The van der Waals surface area contributed by atoms with Crippen LogP contribution in [0.5, 0.6) is 0 Å². The number of nitrogens with zero attached hydrogens (tertiary/aromatic N) is 2. The molecule has 1 unspecified atom stereocenters. The Balaban J connectivity index is 1.85. The fraction of sp³-hybridized carbons (Fsp3) is 0.800. The van der Waals surface area contributed by atoms with E-state index in [0.717, 1.165) is 13.0 Å². The maximum atomic E-state index is 11.6. The largest absolute Gasteiger partial charge is 0.407 e. The molecule has 18 heavy (non-hydrogen) atoms. The number of sulfone groups is 1. The fourth-order valence-electron chi connectivity index (χ4n) is 1.92. The molecule has 102 valence electrons. The van der Waals surface area contributed by atoms with Crippen LogP contribution in [0.15, 0.2) is 4.42 Å². The molecule has 0 saturated carbocycles. The summed E-state index contributed by atoms with van der Waals surface area (Å²) in [5, 5.41) is 13.3. The molecule has 1 saturated heterocycles. The number of aromatic nitrogens is 2. The van der Waals surface area contributed by atoms with Crippen LogP contribution in [0.3, 0.4) is 0 Å². The lowest BCUT2D eigenvalue weighted by atomic mass is 10.2. The van der Waals surface area contributed by atoms with E-state index in [1.54, 1.807) is 0 Å². The predicted octanol–water partition coefficient (Wildman–Crippen LogP) is 0.168. The van der Waals surface area contributed by atoms with Gasteiger partial charge in [-0.25, -0.2) is 8.42 Å². The Bertz CT molecular complexity index is 485. The highest BCUT2D eigenvalue weighted by Gasteiger charge is 2.31. The van der Waals surface area contributed by atoms with Crippen molar-refractivity contribution in [1.29, 1.82) is 0 Å². The molecule has 1 aliphatic rings. The average Bonchev–Trinajstić information content (AvgIpc) is 2.90. The Morgan fingerprint density at radius 1 is 1.44 bits per heavy atom. The molecule has 1 aromatic heterocycles. The van der Waals surface area contributed by atoms with E-state index in [1.165, 1.54) is 0 Å². The highest BCUT2D eigenvalue weighted by molar-refractivity contribution is 7.92. The van der Waals surface area contributed by atoms with Gasteiger partial charge >= 0.3 is 6.01 Å². The second-order valence-electron chi connectivity index (χ2n) is 4.29. The standard InChI is InChI=1S/C10H18N4O3S/c1-2-11-7-9-13-14-10(17-9)12-6-8-4-3-5-18(8,15)16/h8,11H,2-7H2,1H3,(H,12,14). The van der Waals surface area contributed by atoms with Crippen molar-refractivity contribution in [1.82, 2.24) is 15.5 Å². The minimum atomic E-state index is -2.93. The molecule has 2 heterocycles. The predicted molar refractivity (Wildman–Crippen MR) is 67.0 cm³/mol. The molecule has 1 atom stereocenters. The minimum Gasteiger partial charge on any atom is -0.407 e. The number of anilines is 1. The van der Waals surface area contributed by atoms with Crippen molar-refractivity contribution in [3.05, 3.63) is 5.89 Å². The first kappa shape index (κ1) is 13.3. The molecule has 1 aromatic rings. The van der Waals surface area contributed by atoms with E-state index in [1.807, 2.05) is 6.92 Å². The van der Waals surface area contributed by atoms with Gasteiger partial charge in [0, 0.05) is 6.54 Å². The first-order valence-corrected chi connectivity index (χ1v) is 7.82. The van der Waals surface area contributed by atoms with Gasteiger partial charge in [0.2, 0.25) is 5.89 Å². The first-order valence-electron chi connectivity index (χ1n) is 6.10. The van der Waals surface area contributed by atoms with Gasteiger partial charge in [0.15, 0.2) is 9.84 Å². The van der Waals surface area contributed by atoms with Gasteiger partial charge in [-0.1, -0.05) is 12.0 Å². The first-order chi connectivity index (χ1) is 8.62. The van der Waals surface area contributed by atoms with Crippen molar-refractivity contribution in [2.75, 3.05) is 24.2 Å². The Morgan fingerprint density at radius 2 is 2.28 bits per heavy atom. The van der Waals surface area contributed by atoms with Gasteiger partial charge in [-0.15, -0.1) is 5.10 Å². The van der Waals surface area contributed by atoms with Crippen LogP contribution in [0, 0.1) is 0 Å². The van der Waals surface area contributed by atoms with Gasteiger partial charge in [0.05, 0.1) is 17.5 Å². The van der Waals surface area contributed by atoms with E-state index < -0.39 is 9.84 Å². The molecule has 0 amide bonds. The summed E-state index contributed by atoms with van der Waals surface area (Å²) in [5.41, 5.74) is 0. The van der Waals surface area contributed by atoms with E-state index in [0.29, 0.717) is 25.4 Å². The van der Waals surface area contributed by atoms with Gasteiger partial charge in [0.1, 0.15) is 0 Å². The number of hydrogen-bond donors (Lipinski definition) is 2. The van der Waals surface area contributed by atoms with Gasteiger partial charge in [-0.05, 0) is 19.4 Å². The summed E-state index contributed by atoms with van der Waals surface area (Å²) in [5.74, 6) is 0.781. The highest BCUT2D eigenvalue weighted by Crippen LogP contribution is 2.20. The lowest BCUT2D eigenvalue weighted by Gasteiger charge is -2.08. The second-order valence-corrected chi connectivity index (χ2v) is 6.69. The SMILES string of the molecule is CCNCc1nnc(NCC2CCCS2(=O)=O)o1. The van der Waals surface area contributed by atoms with Crippen LogP contribution in [0.25, 0.3) is 0 Å². The molecular weight excluding hydrogens is 256 g/mol. The van der Waals surface area contributed by atoms with Gasteiger partial charge < -0.3 is 15.1 Å². The van der Waals surface area contributed by atoms with Crippen molar-refractivity contribution in [2.45, 2.75) is 31.6 Å². The molecule has 0 bridgehead atoms. The second kappa shape index (κ2) is 5.66. The average molecular weight is 274 g/mol. The summed E-state index contributed by atoms with van der Waals surface area (Å²) in [6.07, 6.45) is 1.44. The summed E-state index contributed by atoms with van der Waals surface area (Å²) in [7, 11) is -2.93. The van der Waals surface area contributed by atoms with Crippen LogP contribution >= 0.6 is 0 Å². The number of hydrogen-bond acceptors (Lipinski definition) is 7. The van der Waals surface area contributed by atoms with Gasteiger partial charge in [-0.3, -0.25) is 0 Å². The van der Waals surface area contributed by atoms with E-state index in [9.17, 15) is 8.42 Å². The molecule has 1 fully saturated rings. The zero-order chi connectivity index (χ0) is 13.0. The van der Waals surface area contributed by atoms with Gasteiger partial charge in [-0.2, -0.15) is 0 Å². The molecule has 2 rings (SSSR count). The lowest BCUT2D eigenvalue weighted by Crippen LogP contribution is -2.25. The summed E-state index contributed by atoms with van der Waals surface area (Å²) >= 11 is 0. The zero-order valence-corrected chi connectivity index (χ0v) is 11.2. The quantitative estimate of drug-likeness (QED) is 0.763. The molecule has 2 N–H and O–H groups in total. The Hall–Kier alpha value is -1.15. The minimum absolute atomic E-state index is 0.282. The Morgan fingerprint density at radius 3 is 2.94 bits per heavy atom. The van der Waals surface area contributed by atoms with Crippen molar-refractivity contribution in [3.63, 3.8) is 0 Å². The van der Waals surface area contributed by atoms with E-state index in [4.69, 9.17) is 4.42 Å². The molecule has 7 nitrogen and oxygen atoms in total. The Kier molecular flexibility index (Phi) is 4.18. The third-order valence-electron chi connectivity index (χ3n) is 2.94. The molecule has 8 heteroatoms. The monoisotopic (exact) mass is 274 g/mol. The maximum absolute atomic E-state index is 11.6. The van der Waals surface area contributed by atoms with Crippen LogP contribution < -0.4 is 10.6 Å². The highest BCUT2D eigenvalue weighted by atomic mass is 32.2.